The largest absolute Gasteiger partial charge is 0.336 e. The van der Waals surface area contributed by atoms with Crippen LogP contribution in [0.15, 0.2) is 42.5 Å². The van der Waals surface area contributed by atoms with Gasteiger partial charge in [-0.15, -0.1) is 0 Å². The molecule has 0 saturated heterocycles. The molecule has 1 N–H and O–H groups in total. The smallest absolute Gasteiger partial charge is 0.243 e. The lowest BCUT2D eigenvalue weighted by molar-refractivity contribution is -0.141. The zero-order valence-electron chi connectivity index (χ0n) is 16.0. The van der Waals surface area contributed by atoms with Crippen molar-refractivity contribution in [2.75, 3.05) is 18.9 Å². The molecule has 0 spiro atoms. The third kappa shape index (κ3) is 3.86. The Bertz CT molecular complexity index is 854. The van der Waals surface area contributed by atoms with Crippen LogP contribution in [0.2, 0.25) is 5.02 Å². The Balaban J connectivity index is 1.72. The number of hydrogen-bond donors (Lipinski definition) is 1. The van der Waals surface area contributed by atoms with Crippen LogP contribution in [0.4, 0.5) is 5.69 Å². The van der Waals surface area contributed by atoms with Gasteiger partial charge in [-0.25, -0.2) is 0 Å². The number of amides is 2. The normalized spacial score (nSPS) is 15.0. The molecule has 2 aromatic carbocycles. The fourth-order valence-corrected chi connectivity index (χ4v) is 3.98. The van der Waals surface area contributed by atoms with E-state index in [-0.39, 0.29) is 18.4 Å². The molecule has 0 aromatic heterocycles. The molecule has 1 saturated carbocycles. The van der Waals surface area contributed by atoms with Crippen LogP contribution >= 0.6 is 11.6 Å². The minimum Gasteiger partial charge on any atom is -0.336 e. The second kappa shape index (κ2) is 7.73. The van der Waals surface area contributed by atoms with E-state index >= 15 is 0 Å². The van der Waals surface area contributed by atoms with Gasteiger partial charge in [-0.05, 0) is 55.5 Å². The van der Waals surface area contributed by atoms with Crippen LogP contribution < -0.4 is 5.32 Å². The number of para-hydroxylation sites is 1. The van der Waals surface area contributed by atoms with Crippen LogP contribution in [-0.4, -0.2) is 30.3 Å². The first-order chi connectivity index (χ1) is 12.8. The first-order valence-electron chi connectivity index (χ1n) is 9.21. The number of carbonyl (C=O) groups excluding carboxylic acids is 2. The van der Waals surface area contributed by atoms with Crippen molar-refractivity contribution >= 4 is 29.1 Å². The second-order valence-corrected chi connectivity index (χ2v) is 7.86. The molecule has 2 aromatic rings. The van der Waals surface area contributed by atoms with Gasteiger partial charge < -0.3 is 10.2 Å². The number of halogens is 1. The molecule has 5 heteroatoms. The van der Waals surface area contributed by atoms with Crippen molar-refractivity contribution in [2.45, 2.75) is 38.5 Å². The number of hydrogen-bond acceptors (Lipinski definition) is 2. The minimum absolute atomic E-state index is 0.0207. The first-order valence-corrected chi connectivity index (χ1v) is 9.59. The van der Waals surface area contributed by atoms with Crippen LogP contribution in [-0.2, 0) is 15.0 Å². The number of nitrogens with zero attached hydrogens (tertiary/aromatic N) is 1. The van der Waals surface area contributed by atoms with E-state index in [0.717, 1.165) is 41.6 Å². The van der Waals surface area contributed by atoms with E-state index in [1.807, 2.05) is 56.3 Å². The SMILES string of the molecule is Cc1cccc(C)c1NC(=O)CN(C)C(=O)C1(c2cccc(Cl)c2)CCC1. The molecule has 1 fully saturated rings. The van der Waals surface area contributed by atoms with Crippen molar-refractivity contribution < 1.29 is 9.59 Å². The highest BCUT2D eigenvalue weighted by molar-refractivity contribution is 6.30. The van der Waals surface area contributed by atoms with Gasteiger partial charge in [0, 0.05) is 17.8 Å². The van der Waals surface area contributed by atoms with Crippen molar-refractivity contribution in [2.24, 2.45) is 0 Å². The molecular formula is C22H25ClN2O2. The highest BCUT2D eigenvalue weighted by Gasteiger charge is 2.47. The summed E-state index contributed by atoms with van der Waals surface area (Å²) in [5.74, 6) is -0.212. The average Bonchev–Trinajstić information content (AvgIpc) is 2.57. The van der Waals surface area contributed by atoms with Gasteiger partial charge in [-0.1, -0.05) is 48.4 Å². The van der Waals surface area contributed by atoms with Gasteiger partial charge in [0.1, 0.15) is 0 Å². The summed E-state index contributed by atoms with van der Waals surface area (Å²) >= 11 is 6.13. The average molecular weight is 385 g/mol. The Morgan fingerprint density at radius 1 is 1.11 bits per heavy atom. The Morgan fingerprint density at radius 2 is 1.74 bits per heavy atom. The van der Waals surface area contributed by atoms with E-state index in [2.05, 4.69) is 5.32 Å². The zero-order chi connectivity index (χ0) is 19.6. The quantitative estimate of drug-likeness (QED) is 0.826. The van der Waals surface area contributed by atoms with E-state index in [1.54, 1.807) is 7.05 Å². The van der Waals surface area contributed by atoms with E-state index in [9.17, 15) is 9.59 Å². The zero-order valence-corrected chi connectivity index (χ0v) is 16.8. The van der Waals surface area contributed by atoms with Crippen molar-refractivity contribution in [1.29, 1.82) is 0 Å². The van der Waals surface area contributed by atoms with Crippen LogP contribution in [0, 0.1) is 13.8 Å². The summed E-state index contributed by atoms with van der Waals surface area (Å²) in [5.41, 5.74) is 3.21. The number of nitrogens with one attached hydrogen (secondary N) is 1. The maximum absolute atomic E-state index is 13.2. The Labute approximate surface area is 165 Å². The fraction of sp³-hybridized carbons (Fsp3) is 0.364. The molecule has 27 heavy (non-hydrogen) atoms. The Kier molecular flexibility index (Phi) is 5.56. The maximum Gasteiger partial charge on any atom is 0.243 e. The molecule has 3 rings (SSSR count). The number of anilines is 1. The minimum atomic E-state index is -0.557. The second-order valence-electron chi connectivity index (χ2n) is 7.42. The van der Waals surface area contributed by atoms with Crippen LogP contribution in [0.5, 0.6) is 0 Å². The topological polar surface area (TPSA) is 49.4 Å². The number of likely N-dealkylation sites (N-methyl/N-ethyl adjacent to an activating group) is 1. The molecule has 0 unspecified atom stereocenters. The lowest BCUT2D eigenvalue weighted by Gasteiger charge is -2.43. The highest BCUT2D eigenvalue weighted by atomic mass is 35.5. The Morgan fingerprint density at radius 3 is 2.30 bits per heavy atom. The summed E-state index contributed by atoms with van der Waals surface area (Å²) in [6.07, 6.45) is 2.57. The van der Waals surface area contributed by atoms with Crippen molar-refractivity contribution in [3.8, 4) is 0 Å². The predicted molar refractivity (Wildman–Crippen MR) is 109 cm³/mol. The van der Waals surface area contributed by atoms with Crippen molar-refractivity contribution in [3.63, 3.8) is 0 Å². The molecule has 1 aliphatic rings. The van der Waals surface area contributed by atoms with Crippen LogP contribution in [0.1, 0.15) is 36.0 Å². The third-order valence-electron chi connectivity index (χ3n) is 5.47. The molecule has 1 aliphatic carbocycles. The maximum atomic E-state index is 13.2. The molecule has 0 bridgehead atoms. The van der Waals surface area contributed by atoms with Gasteiger partial charge in [0.15, 0.2) is 0 Å². The number of carbonyl (C=O) groups is 2. The molecule has 0 radical (unpaired) electrons. The summed E-state index contributed by atoms with van der Waals surface area (Å²) in [6.45, 7) is 3.94. The number of benzene rings is 2. The first kappa shape index (κ1) is 19.4. The summed E-state index contributed by atoms with van der Waals surface area (Å²) in [4.78, 5) is 27.2. The Hall–Kier alpha value is -2.33. The van der Waals surface area contributed by atoms with Gasteiger partial charge in [0.05, 0.1) is 12.0 Å². The lowest BCUT2D eigenvalue weighted by atomic mass is 9.63. The fourth-order valence-electron chi connectivity index (χ4n) is 3.79. The van der Waals surface area contributed by atoms with Gasteiger partial charge >= 0.3 is 0 Å². The third-order valence-corrected chi connectivity index (χ3v) is 5.70. The van der Waals surface area contributed by atoms with E-state index in [0.29, 0.717) is 5.02 Å². The van der Waals surface area contributed by atoms with Crippen molar-refractivity contribution in [1.82, 2.24) is 4.90 Å². The van der Waals surface area contributed by atoms with Crippen LogP contribution in [0.25, 0.3) is 0 Å². The summed E-state index contributed by atoms with van der Waals surface area (Å²) < 4.78 is 0. The highest BCUT2D eigenvalue weighted by Crippen LogP contribution is 2.45. The van der Waals surface area contributed by atoms with Gasteiger partial charge in [0.25, 0.3) is 0 Å². The van der Waals surface area contributed by atoms with Crippen molar-refractivity contribution in [3.05, 3.63) is 64.2 Å². The molecular weight excluding hydrogens is 360 g/mol. The van der Waals surface area contributed by atoms with Crippen LogP contribution in [0.3, 0.4) is 0 Å². The number of aryl methyl sites for hydroxylation is 2. The van der Waals surface area contributed by atoms with Gasteiger partial charge in [0.2, 0.25) is 11.8 Å². The lowest BCUT2D eigenvalue weighted by Crippen LogP contribution is -2.51. The van der Waals surface area contributed by atoms with E-state index < -0.39 is 5.41 Å². The molecule has 0 aliphatic heterocycles. The molecule has 142 valence electrons. The summed E-state index contributed by atoms with van der Waals surface area (Å²) in [5, 5.41) is 3.57. The predicted octanol–water partition coefficient (Wildman–Crippen LogP) is 4.48. The summed E-state index contributed by atoms with van der Waals surface area (Å²) in [7, 11) is 1.69. The molecule has 0 atom stereocenters. The van der Waals surface area contributed by atoms with E-state index in [1.165, 1.54) is 4.90 Å². The molecule has 4 nitrogen and oxygen atoms in total. The number of rotatable bonds is 5. The van der Waals surface area contributed by atoms with E-state index in [4.69, 9.17) is 11.6 Å². The summed E-state index contributed by atoms with van der Waals surface area (Å²) in [6, 6.07) is 13.4. The standard InChI is InChI=1S/C22H25ClN2O2/c1-15-7-4-8-16(2)20(15)24-19(26)14-25(3)21(27)22(11-6-12-22)17-9-5-10-18(23)13-17/h4-5,7-10,13H,6,11-12,14H2,1-3H3,(H,24,26). The monoisotopic (exact) mass is 384 g/mol. The van der Waals surface area contributed by atoms with Gasteiger partial charge in [-0.2, -0.15) is 0 Å². The molecule has 0 heterocycles. The van der Waals surface area contributed by atoms with Gasteiger partial charge in [-0.3, -0.25) is 9.59 Å². The molecule has 2 amide bonds.